The van der Waals surface area contributed by atoms with Crippen LogP contribution in [0.25, 0.3) is 125 Å². The van der Waals surface area contributed by atoms with E-state index in [-0.39, 0.29) is 29.7 Å². The predicted octanol–water partition coefficient (Wildman–Crippen LogP) is 15.5. The molecule has 0 saturated heterocycles. The minimum Gasteiger partial charge on any atom is -0.309 e. The van der Waals surface area contributed by atoms with Crippen LogP contribution in [0.5, 0.6) is 0 Å². The van der Waals surface area contributed by atoms with Crippen molar-refractivity contribution in [2.45, 2.75) is 0 Å². The lowest BCUT2D eigenvalue weighted by Crippen LogP contribution is -2.02. The average molecular weight is 812 g/mol. The quantitative estimate of drug-likeness (QED) is 0.163. The largest absolute Gasteiger partial charge is 0.309 e. The summed E-state index contributed by atoms with van der Waals surface area (Å²) < 4.78 is 47.1. The predicted molar refractivity (Wildman–Crippen MR) is 261 cm³/mol. The molecule has 13 aromatic rings. The lowest BCUT2D eigenvalue weighted by molar-refractivity contribution is 1.08. The number of rotatable bonds is 5. The highest BCUT2D eigenvalue weighted by atomic mass is 32.1. The van der Waals surface area contributed by atoms with Crippen LogP contribution in [0.3, 0.4) is 0 Å². The molecular formula is C57H34N4S. The number of thiophene rings is 1. The van der Waals surface area contributed by atoms with Gasteiger partial charge in [-0.05, 0) is 74.5 Å². The van der Waals surface area contributed by atoms with E-state index in [2.05, 4.69) is 132 Å². The Morgan fingerprint density at radius 1 is 0.387 bits per heavy atom. The molecule has 0 atom stereocenters. The maximum atomic E-state index is 8.86. The molecule has 0 aliphatic carbocycles. The molecule has 0 radical (unpaired) electrons. The first-order chi connectivity index (χ1) is 32.8. The zero-order chi connectivity index (χ0) is 45.1. The van der Waals surface area contributed by atoms with Crippen molar-refractivity contribution in [1.29, 1.82) is 0 Å². The fourth-order valence-corrected chi connectivity index (χ4v) is 10.6. The summed E-state index contributed by atoms with van der Waals surface area (Å²) in [5.41, 5.74) is 6.27. The minimum atomic E-state index is -0.419. The third-order valence-corrected chi connectivity index (χ3v) is 13.3. The standard InChI is InChI=1S/C57H34N4S/c1-3-16-35(17-4-1)37-30-31-52-47(32-37)48-33-38(61-50-28-13-11-23-42(50)43-24-12-14-29-51(43)61)34-49(54(48)62-52)57-59-55(36-18-5-2-6-19-36)58-56(60-57)46-27-15-26-45-41-21-8-7-20-39(41)40-22-9-10-25-44(40)53(45)46/h1-34H/i1D,3D,4D,16D,17D. The molecule has 3 heterocycles. The molecule has 0 N–H and O–H groups in total. The number of aromatic nitrogens is 4. The van der Waals surface area contributed by atoms with Crippen molar-refractivity contribution in [3.05, 3.63) is 206 Å². The summed E-state index contributed by atoms with van der Waals surface area (Å²) in [6.45, 7) is 0. The van der Waals surface area contributed by atoms with Crippen molar-refractivity contribution in [2.24, 2.45) is 0 Å². The molecule has 0 fully saturated rings. The SMILES string of the molecule is [2H]c1c([2H])c([2H])c(-c2ccc3sc4c(-c5nc(-c6ccccc6)nc(-c6cccc7c8ccccc8c8ccccc8c67)n5)cc(-n5c6ccccc6c6ccccc65)cc4c3c2)c([2H])c1[2H]. The van der Waals surface area contributed by atoms with Crippen LogP contribution < -0.4 is 0 Å². The number of fused-ring (bicyclic) bond motifs is 12. The normalized spacial score (nSPS) is 13.0. The van der Waals surface area contributed by atoms with E-state index in [1.165, 1.54) is 5.39 Å². The van der Waals surface area contributed by atoms with Gasteiger partial charge in [-0.15, -0.1) is 11.3 Å². The number of nitrogens with zero attached hydrogens (tertiary/aromatic N) is 4. The smallest absolute Gasteiger partial charge is 0.165 e. The van der Waals surface area contributed by atoms with Gasteiger partial charge in [0.1, 0.15) is 0 Å². The van der Waals surface area contributed by atoms with Crippen LogP contribution in [0.2, 0.25) is 0 Å². The monoisotopic (exact) mass is 811 g/mol. The van der Waals surface area contributed by atoms with E-state index in [0.717, 1.165) is 91.3 Å². The van der Waals surface area contributed by atoms with Gasteiger partial charge in [0.25, 0.3) is 0 Å². The molecular weight excluding hydrogens is 773 g/mol. The maximum absolute atomic E-state index is 8.86. The summed E-state index contributed by atoms with van der Waals surface area (Å²) in [4.78, 5) is 16.1. The van der Waals surface area contributed by atoms with Gasteiger partial charge >= 0.3 is 0 Å². The molecule has 0 aliphatic rings. The summed E-state index contributed by atoms with van der Waals surface area (Å²) in [5.74, 6) is 1.61. The average Bonchev–Trinajstić information content (AvgIpc) is 3.93. The van der Waals surface area contributed by atoms with Gasteiger partial charge in [-0.3, -0.25) is 0 Å². The van der Waals surface area contributed by atoms with E-state index in [4.69, 9.17) is 21.8 Å². The summed E-state index contributed by atoms with van der Waals surface area (Å²) in [6, 6.07) is 58.9. The molecule has 4 nitrogen and oxygen atoms in total. The van der Waals surface area contributed by atoms with Gasteiger partial charge in [0, 0.05) is 58.7 Å². The summed E-state index contributed by atoms with van der Waals surface area (Å²) in [6.07, 6.45) is 0. The molecule has 0 spiro atoms. The van der Waals surface area contributed by atoms with Gasteiger partial charge < -0.3 is 4.57 Å². The second kappa shape index (κ2) is 13.8. The zero-order valence-corrected chi connectivity index (χ0v) is 33.8. The van der Waals surface area contributed by atoms with E-state index in [1.54, 1.807) is 11.3 Å². The fraction of sp³-hybridized carbons (Fsp3) is 0. The molecule has 0 unspecified atom stereocenters. The Balaban J connectivity index is 1.15. The number of hydrogen-bond acceptors (Lipinski definition) is 4. The summed E-state index contributed by atoms with van der Waals surface area (Å²) in [5, 5.41) is 10.9. The maximum Gasteiger partial charge on any atom is 0.165 e. The zero-order valence-electron chi connectivity index (χ0n) is 37.9. The summed E-state index contributed by atoms with van der Waals surface area (Å²) in [7, 11) is 0. The van der Waals surface area contributed by atoms with Crippen LogP contribution in [-0.4, -0.2) is 19.5 Å². The van der Waals surface area contributed by atoms with Gasteiger partial charge in [-0.2, -0.15) is 0 Å². The lowest BCUT2D eigenvalue weighted by Gasteiger charge is -2.15. The Hall–Kier alpha value is -7.99. The van der Waals surface area contributed by atoms with E-state index in [9.17, 15) is 0 Å². The second-order valence-electron chi connectivity index (χ2n) is 15.5. The highest BCUT2D eigenvalue weighted by Crippen LogP contribution is 2.45. The van der Waals surface area contributed by atoms with E-state index < -0.39 is 6.04 Å². The summed E-state index contributed by atoms with van der Waals surface area (Å²) >= 11 is 1.62. The van der Waals surface area contributed by atoms with Gasteiger partial charge in [0.2, 0.25) is 0 Å². The van der Waals surface area contributed by atoms with Gasteiger partial charge in [0.15, 0.2) is 17.5 Å². The highest BCUT2D eigenvalue weighted by Gasteiger charge is 2.22. The van der Waals surface area contributed by atoms with E-state index in [0.29, 0.717) is 23.0 Å². The Labute approximate surface area is 367 Å². The number of benzene rings is 10. The Kier molecular flexibility index (Phi) is 6.69. The second-order valence-corrected chi connectivity index (χ2v) is 16.6. The molecule has 0 saturated carbocycles. The van der Waals surface area contributed by atoms with Crippen LogP contribution in [-0.2, 0) is 0 Å². The molecule has 10 aromatic carbocycles. The van der Waals surface area contributed by atoms with Crippen molar-refractivity contribution < 1.29 is 6.85 Å². The number of hydrogen-bond donors (Lipinski definition) is 0. The van der Waals surface area contributed by atoms with Crippen LogP contribution >= 0.6 is 11.3 Å². The number of para-hydroxylation sites is 2. The first kappa shape index (κ1) is 30.1. The third-order valence-electron chi connectivity index (χ3n) is 12.1. The van der Waals surface area contributed by atoms with Gasteiger partial charge in [-0.1, -0.05) is 170 Å². The van der Waals surface area contributed by atoms with Crippen molar-refractivity contribution >= 4 is 85.6 Å². The minimum absolute atomic E-state index is 0.163. The van der Waals surface area contributed by atoms with E-state index in [1.807, 2.05) is 48.5 Å². The van der Waals surface area contributed by atoms with Crippen LogP contribution in [0.1, 0.15) is 6.85 Å². The lowest BCUT2D eigenvalue weighted by atomic mass is 9.91. The third kappa shape index (κ3) is 5.35. The van der Waals surface area contributed by atoms with Crippen LogP contribution in [0.4, 0.5) is 0 Å². The van der Waals surface area contributed by atoms with Crippen molar-refractivity contribution in [3.8, 4) is 51.0 Å². The molecule has 0 amide bonds. The topological polar surface area (TPSA) is 43.6 Å². The molecule has 0 aliphatic heterocycles. The van der Waals surface area contributed by atoms with Crippen molar-refractivity contribution in [1.82, 2.24) is 19.5 Å². The molecule has 62 heavy (non-hydrogen) atoms. The van der Waals surface area contributed by atoms with Gasteiger partial charge in [0.05, 0.1) is 17.9 Å². The van der Waals surface area contributed by atoms with E-state index >= 15 is 0 Å². The Morgan fingerprint density at radius 2 is 0.952 bits per heavy atom. The molecule has 5 heteroatoms. The van der Waals surface area contributed by atoms with Crippen LogP contribution in [0.15, 0.2) is 206 Å². The first-order valence-electron chi connectivity index (χ1n) is 23.0. The Bertz CT molecular complexity index is 4110. The first-order valence-corrected chi connectivity index (χ1v) is 21.3. The molecule has 288 valence electrons. The molecule has 0 bridgehead atoms. The highest BCUT2D eigenvalue weighted by molar-refractivity contribution is 7.26. The van der Waals surface area contributed by atoms with Gasteiger partial charge in [-0.25, -0.2) is 15.0 Å². The Morgan fingerprint density at radius 3 is 1.65 bits per heavy atom. The van der Waals surface area contributed by atoms with Crippen molar-refractivity contribution in [2.75, 3.05) is 0 Å². The fourth-order valence-electron chi connectivity index (χ4n) is 9.38. The molecule has 13 rings (SSSR count). The molecule has 3 aromatic heterocycles. The van der Waals surface area contributed by atoms with Crippen LogP contribution in [0, 0.1) is 0 Å². The van der Waals surface area contributed by atoms with Crippen molar-refractivity contribution in [3.63, 3.8) is 0 Å².